The predicted molar refractivity (Wildman–Crippen MR) is 127 cm³/mol. The third kappa shape index (κ3) is 12.3. The smallest absolute Gasteiger partial charge is 0.243 e. The van der Waals surface area contributed by atoms with Crippen molar-refractivity contribution in [2.45, 2.75) is 20.3 Å². The van der Waals surface area contributed by atoms with Gasteiger partial charge in [-0.1, -0.05) is 12.2 Å². The van der Waals surface area contributed by atoms with E-state index in [1.807, 2.05) is 12.1 Å². The fourth-order valence-corrected chi connectivity index (χ4v) is 2.69. The minimum Gasteiger partial charge on any atom is -0.395 e. The standard InChI is InChI=1S/C23H34N6O4/c1-3-28(14-16-30)22(32)20(18-24)8-5-10-26-12-7-13-27-11-6-9-21(19-25)23(33)29(4-2)15-17-31/h5-6,8-11,20-21,30-31H,3-4,7,12-17H2,1-2H3/b8-5+,9-6+,26-10?,27-11?. The summed E-state index contributed by atoms with van der Waals surface area (Å²) < 4.78 is 0. The molecule has 2 atom stereocenters. The maximum Gasteiger partial charge on any atom is 0.243 e. The Morgan fingerprint density at radius 1 is 0.848 bits per heavy atom. The van der Waals surface area contributed by atoms with Gasteiger partial charge in [0.15, 0.2) is 0 Å². The van der Waals surface area contributed by atoms with Crippen LogP contribution in [0.2, 0.25) is 0 Å². The van der Waals surface area contributed by atoms with E-state index in [1.54, 1.807) is 26.0 Å². The maximum atomic E-state index is 12.2. The molecular weight excluding hydrogens is 424 g/mol. The molecule has 10 nitrogen and oxygen atoms in total. The summed E-state index contributed by atoms with van der Waals surface area (Å²) in [5.74, 6) is -2.54. The normalized spacial score (nSPS) is 13.4. The summed E-state index contributed by atoms with van der Waals surface area (Å²) in [7, 11) is 0. The number of carbonyl (C=O) groups excluding carboxylic acids is 2. The Kier molecular flexibility index (Phi) is 17.4. The highest BCUT2D eigenvalue weighted by Gasteiger charge is 2.20. The second-order valence-electron chi connectivity index (χ2n) is 6.73. The van der Waals surface area contributed by atoms with Gasteiger partial charge in [0.2, 0.25) is 11.8 Å². The molecule has 0 aliphatic rings. The molecule has 0 fully saturated rings. The molecule has 0 heterocycles. The number of nitrogens with zero attached hydrogens (tertiary/aromatic N) is 6. The van der Waals surface area contributed by atoms with Crippen LogP contribution in [0.15, 0.2) is 34.3 Å². The average molecular weight is 459 g/mol. The number of amides is 2. The molecule has 0 aromatic carbocycles. The van der Waals surface area contributed by atoms with E-state index in [0.29, 0.717) is 32.6 Å². The van der Waals surface area contributed by atoms with Crippen LogP contribution in [0.3, 0.4) is 0 Å². The van der Waals surface area contributed by atoms with E-state index in [4.69, 9.17) is 10.2 Å². The average Bonchev–Trinajstić information content (AvgIpc) is 2.83. The summed E-state index contributed by atoms with van der Waals surface area (Å²) in [4.78, 5) is 35.6. The van der Waals surface area contributed by atoms with Crippen LogP contribution in [0.4, 0.5) is 0 Å². The zero-order valence-corrected chi connectivity index (χ0v) is 19.4. The van der Waals surface area contributed by atoms with Gasteiger partial charge >= 0.3 is 0 Å². The zero-order chi connectivity index (χ0) is 24.9. The van der Waals surface area contributed by atoms with Gasteiger partial charge in [0.05, 0.1) is 25.4 Å². The minimum atomic E-state index is -0.920. The van der Waals surface area contributed by atoms with Crippen LogP contribution in [0.1, 0.15) is 20.3 Å². The van der Waals surface area contributed by atoms with E-state index in [-0.39, 0.29) is 38.1 Å². The largest absolute Gasteiger partial charge is 0.395 e. The summed E-state index contributed by atoms with van der Waals surface area (Å²) >= 11 is 0. The number of rotatable bonds is 16. The van der Waals surface area contributed by atoms with Crippen molar-refractivity contribution in [2.24, 2.45) is 21.8 Å². The quantitative estimate of drug-likeness (QED) is 0.255. The minimum absolute atomic E-state index is 0.152. The first kappa shape index (κ1) is 29.7. The van der Waals surface area contributed by atoms with Crippen LogP contribution in [-0.4, -0.2) is 96.7 Å². The molecule has 33 heavy (non-hydrogen) atoms. The van der Waals surface area contributed by atoms with Gasteiger partial charge in [-0.15, -0.1) is 0 Å². The highest BCUT2D eigenvalue weighted by Crippen LogP contribution is 2.05. The van der Waals surface area contributed by atoms with Crippen LogP contribution in [0.5, 0.6) is 0 Å². The lowest BCUT2D eigenvalue weighted by atomic mass is 10.1. The first-order chi connectivity index (χ1) is 16.0. The third-order valence-electron chi connectivity index (χ3n) is 4.50. The molecule has 0 spiro atoms. The van der Waals surface area contributed by atoms with Crippen LogP contribution < -0.4 is 0 Å². The molecule has 0 aromatic rings. The van der Waals surface area contributed by atoms with E-state index < -0.39 is 11.8 Å². The van der Waals surface area contributed by atoms with E-state index in [9.17, 15) is 20.1 Å². The van der Waals surface area contributed by atoms with Gasteiger partial charge < -0.3 is 20.0 Å². The number of aliphatic hydroxyl groups excluding tert-OH is 2. The van der Waals surface area contributed by atoms with Crippen molar-refractivity contribution >= 4 is 24.2 Å². The van der Waals surface area contributed by atoms with Gasteiger partial charge in [0.25, 0.3) is 0 Å². The van der Waals surface area contributed by atoms with E-state index in [0.717, 1.165) is 0 Å². The number of nitriles is 2. The van der Waals surface area contributed by atoms with Crippen LogP contribution >= 0.6 is 0 Å². The molecule has 0 aromatic heterocycles. The van der Waals surface area contributed by atoms with Gasteiger partial charge in [-0.25, -0.2) is 0 Å². The Morgan fingerprint density at radius 3 is 1.55 bits per heavy atom. The van der Waals surface area contributed by atoms with Gasteiger partial charge in [-0.05, 0) is 32.4 Å². The molecule has 2 unspecified atom stereocenters. The predicted octanol–water partition coefficient (Wildman–Crippen LogP) is 0.592. The molecule has 0 aliphatic carbocycles. The molecule has 0 saturated carbocycles. The Hall–Kier alpha value is -3.34. The van der Waals surface area contributed by atoms with Gasteiger partial charge in [-0.2, -0.15) is 10.5 Å². The van der Waals surface area contributed by atoms with E-state index >= 15 is 0 Å². The molecule has 0 aliphatic heterocycles. The fraction of sp³-hybridized carbons (Fsp3) is 0.565. The third-order valence-corrected chi connectivity index (χ3v) is 4.50. The second kappa shape index (κ2) is 19.4. The molecule has 10 heteroatoms. The summed E-state index contributed by atoms with van der Waals surface area (Å²) in [5.41, 5.74) is 0. The summed E-state index contributed by atoms with van der Waals surface area (Å²) in [6, 6.07) is 3.88. The number of hydrogen-bond acceptors (Lipinski definition) is 8. The molecule has 180 valence electrons. The molecule has 0 bridgehead atoms. The number of aliphatic hydroxyl groups is 2. The Labute approximate surface area is 195 Å². The highest BCUT2D eigenvalue weighted by molar-refractivity contribution is 5.85. The Bertz CT molecular complexity index is 715. The molecule has 2 N–H and O–H groups in total. The lowest BCUT2D eigenvalue weighted by molar-refractivity contribution is -0.133. The first-order valence-electron chi connectivity index (χ1n) is 10.9. The van der Waals surface area contributed by atoms with Crippen molar-refractivity contribution in [3.8, 4) is 12.1 Å². The van der Waals surface area contributed by atoms with Crippen molar-refractivity contribution in [3.05, 3.63) is 24.3 Å². The number of aliphatic imine (C=N–C) groups is 2. The van der Waals surface area contributed by atoms with Crippen LogP contribution in [-0.2, 0) is 9.59 Å². The summed E-state index contributed by atoms with van der Waals surface area (Å²) in [6.45, 7) is 5.51. The summed E-state index contributed by atoms with van der Waals surface area (Å²) in [5, 5.41) is 36.3. The lowest BCUT2D eigenvalue weighted by Gasteiger charge is -2.20. The van der Waals surface area contributed by atoms with Crippen LogP contribution in [0.25, 0.3) is 0 Å². The number of likely N-dealkylation sites (N-methyl/N-ethyl adjacent to an activating group) is 2. The van der Waals surface area contributed by atoms with Crippen molar-refractivity contribution in [2.75, 3.05) is 52.5 Å². The SMILES string of the molecule is CCN(CCO)C(=O)C(C#N)/C=C/C=NCCCN=C/C=C/C(C#N)C(=O)N(CC)CCO. The van der Waals surface area contributed by atoms with Crippen molar-refractivity contribution < 1.29 is 19.8 Å². The number of allylic oxidation sites excluding steroid dienone is 2. The Balaban J connectivity index is 4.40. The maximum absolute atomic E-state index is 12.2. The first-order valence-corrected chi connectivity index (χ1v) is 10.9. The van der Waals surface area contributed by atoms with Crippen molar-refractivity contribution in [1.29, 1.82) is 10.5 Å². The summed E-state index contributed by atoms with van der Waals surface area (Å²) in [6.07, 6.45) is 9.79. The van der Waals surface area contributed by atoms with Crippen molar-refractivity contribution in [1.82, 2.24) is 9.80 Å². The zero-order valence-electron chi connectivity index (χ0n) is 19.4. The number of carbonyl (C=O) groups is 2. The van der Waals surface area contributed by atoms with E-state index in [2.05, 4.69) is 9.98 Å². The lowest BCUT2D eigenvalue weighted by Crippen LogP contribution is -2.37. The van der Waals surface area contributed by atoms with Gasteiger partial charge in [0, 0.05) is 51.7 Å². The highest BCUT2D eigenvalue weighted by atomic mass is 16.3. The molecule has 0 rings (SSSR count). The van der Waals surface area contributed by atoms with Gasteiger partial charge in [0.1, 0.15) is 11.8 Å². The van der Waals surface area contributed by atoms with Crippen molar-refractivity contribution in [3.63, 3.8) is 0 Å². The monoisotopic (exact) mass is 458 g/mol. The topological polar surface area (TPSA) is 153 Å². The molecule has 0 radical (unpaired) electrons. The molecule has 0 saturated heterocycles. The van der Waals surface area contributed by atoms with Crippen LogP contribution in [0, 0.1) is 34.5 Å². The Morgan fingerprint density at radius 2 is 1.24 bits per heavy atom. The van der Waals surface area contributed by atoms with E-state index in [1.165, 1.54) is 34.4 Å². The molecular formula is C23H34N6O4. The molecule has 2 amide bonds. The number of hydrogen-bond donors (Lipinski definition) is 2. The van der Waals surface area contributed by atoms with Gasteiger partial charge in [-0.3, -0.25) is 19.6 Å². The fourth-order valence-electron chi connectivity index (χ4n) is 2.69. The second-order valence-corrected chi connectivity index (χ2v) is 6.73.